The molecule has 0 N–H and O–H groups in total. The number of nitrogens with zero attached hydrogens (tertiary/aromatic N) is 2. The van der Waals surface area contributed by atoms with Gasteiger partial charge in [0.25, 0.3) is 11.4 Å². The number of benzene rings is 2. The molecule has 9 nitrogen and oxygen atoms in total. The molecule has 10 heteroatoms. The van der Waals surface area contributed by atoms with Crippen LogP contribution in [-0.2, 0) is 9.53 Å². The molecular formula is C27H32N2O7Si. The Kier molecular flexibility index (Phi) is 7.58. The highest BCUT2D eigenvalue weighted by Gasteiger charge is 2.51. The Morgan fingerprint density at radius 3 is 2.22 bits per heavy atom. The summed E-state index contributed by atoms with van der Waals surface area (Å²) in [7, 11) is -2.08. The van der Waals surface area contributed by atoms with Crippen LogP contribution < -0.4 is 5.19 Å². The highest BCUT2D eigenvalue weighted by molar-refractivity contribution is 6.91. The molecule has 0 amide bonds. The summed E-state index contributed by atoms with van der Waals surface area (Å²) in [5, 5.41) is 23.8. The van der Waals surface area contributed by atoms with Gasteiger partial charge in [0, 0.05) is 30.4 Å². The third-order valence-electron chi connectivity index (χ3n) is 8.24. The lowest BCUT2D eigenvalue weighted by atomic mass is 9.73. The van der Waals surface area contributed by atoms with Crippen molar-refractivity contribution in [2.75, 3.05) is 0 Å². The van der Waals surface area contributed by atoms with E-state index in [0.717, 1.165) is 37.5 Å². The van der Waals surface area contributed by atoms with Crippen molar-refractivity contribution >= 4 is 36.4 Å². The summed E-state index contributed by atoms with van der Waals surface area (Å²) in [6.07, 6.45) is 3.08. The van der Waals surface area contributed by atoms with Gasteiger partial charge in [-0.2, -0.15) is 0 Å². The summed E-state index contributed by atoms with van der Waals surface area (Å²) < 4.78 is 5.85. The van der Waals surface area contributed by atoms with Crippen LogP contribution in [0.4, 0.5) is 11.4 Å². The zero-order valence-corrected chi connectivity index (χ0v) is 22.3. The van der Waals surface area contributed by atoms with Crippen LogP contribution in [0.5, 0.6) is 0 Å². The fourth-order valence-corrected chi connectivity index (χ4v) is 10.2. The van der Waals surface area contributed by atoms with Crippen LogP contribution in [0, 0.1) is 38.0 Å². The molecule has 0 aliphatic heterocycles. The van der Waals surface area contributed by atoms with Crippen LogP contribution in [0.25, 0.3) is 0 Å². The van der Waals surface area contributed by atoms with Crippen LogP contribution in [0.3, 0.4) is 0 Å². The molecule has 196 valence electrons. The summed E-state index contributed by atoms with van der Waals surface area (Å²) in [4.78, 5) is 47.6. The van der Waals surface area contributed by atoms with Gasteiger partial charge in [-0.15, -0.1) is 0 Å². The molecule has 0 spiro atoms. The molecule has 2 fully saturated rings. The first-order valence-electron chi connectivity index (χ1n) is 12.7. The molecule has 37 heavy (non-hydrogen) atoms. The number of rotatable bonds is 7. The number of carbonyl (C=O) groups excluding carboxylic acids is 2. The molecule has 5 atom stereocenters. The van der Waals surface area contributed by atoms with Gasteiger partial charge in [-0.1, -0.05) is 55.5 Å². The molecule has 4 rings (SSSR count). The predicted molar refractivity (Wildman–Crippen MR) is 140 cm³/mol. The normalized spacial score (nSPS) is 26.0. The molecule has 2 aromatic carbocycles. The average Bonchev–Trinajstić information content (AvgIpc) is 3.31. The van der Waals surface area contributed by atoms with E-state index in [0.29, 0.717) is 12.8 Å². The SMILES string of the molecule is C[C@H]1CC(=O)[C@H]([C@@H]2CCC[C@H]2OC(=O)c2cc([N+](=O)[O-])cc([N+](=O)[O-])c2)[C@H]([Si](C)(C)c2ccccc2)C1. The largest absolute Gasteiger partial charge is 0.458 e. The summed E-state index contributed by atoms with van der Waals surface area (Å²) in [6.45, 7) is 6.74. The highest BCUT2D eigenvalue weighted by Crippen LogP contribution is 2.50. The lowest BCUT2D eigenvalue weighted by Gasteiger charge is -2.46. The Morgan fingerprint density at radius 2 is 1.62 bits per heavy atom. The maximum absolute atomic E-state index is 13.6. The zero-order chi connectivity index (χ0) is 26.9. The monoisotopic (exact) mass is 524 g/mol. The minimum atomic E-state index is -2.08. The lowest BCUT2D eigenvalue weighted by molar-refractivity contribution is -0.394. The van der Waals surface area contributed by atoms with Crippen molar-refractivity contribution < 1.29 is 24.2 Å². The van der Waals surface area contributed by atoms with Crippen molar-refractivity contribution in [2.24, 2.45) is 17.8 Å². The summed E-state index contributed by atoms with van der Waals surface area (Å²) in [6, 6.07) is 13.2. The average molecular weight is 525 g/mol. The van der Waals surface area contributed by atoms with Crippen LogP contribution in [0.15, 0.2) is 48.5 Å². The number of esters is 1. The molecule has 2 aliphatic rings. The third kappa shape index (κ3) is 5.48. The Bertz CT molecular complexity index is 1180. The van der Waals surface area contributed by atoms with Gasteiger partial charge in [0.05, 0.1) is 29.6 Å². The second-order valence-corrected chi connectivity index (χ2v) is 15.8. The van der Waals surface area contributed by atoms with Gasteiger partial charge in [-0.3, -0.25) is 25.0 Å². The van der Waals surface area contributed by atoms with Gasteiger partial charge in [-0.05, 0) is 37.1 Å². The Hall–Kier alpha value is -3.40. The van der Waals surface area contributed by atoms with Crippen molar-refractivity contribution in [3.63, 3.8) is 0 Å². The summed E-state index contributed by atoms with van der Waals surface area (Å²) >= 11 is 0. The van der Waals surface area contributed by atoms with Gasteiger partial charge in [-0.25, -0.2) is 4.79 Å². The number of hydrogen-bond acceptors (Lipinski definition) is 7. The second kappa shape index (κ2) is 10.5. The maximum Gasteiger partial charge on any atom is 0.338 e. The molecule has 0 unspecified atom stereocenters. The van der Waals surface area contributed by atoms with Gasteiger partial charge >= 0.3 is 5.97 Å². The number of ketones is 1. The maximum atomic E-state index is 13.6. The van der Waals surface area contributed by atoms with E-state index in [1.165, 1.54) is 5.19 Å². The minimum Gasteiger partial charge on any atom is -0.458 e. The van der Waals surface area contributed by atoms with Crippen LogP contribution >= 0.6 is 0 Å². The van der Waals surface area contributed by atoms with Crippen molar-refractivity contribution in [3.8, 4) is 0 Å². The second-order valence-electron chi connectivity index (χ2n) is 11.0. The van der Waals surface area contributed by atoms with Crippen molar-refractivity contribution in [1.82, 2.24) is 0 Å². The molecule has 2 aliphatic carbocycles. The van der Waals surface area contributed by atoms with E-state index in [2.05, 4.69) is 32.2 Å². The van der Waals surface area contributed by atoms with Gasteiger partial charge < -0.3 is 4.74 Å². The quantitative estimate of drug-likeness (QED) is 0.204. The summed E-state index contributed by atoms with van der Waals surface area (Å²) in [5.41, 5.74) is -1.13. The van der Waals surface area contributed by atoms with E-state index in [9.17, 15) is 29.8 Å². The zero-order valence-electron chi connectivity index (χ0n) is 21.3. The molecule has 0 aromatic heterocycles. The Labute approximate surface area is 216 Å². The molecule has 0 radical (unpaired) electrons. The topological polar surface area (TPSA) is 130 Å². The molecular weight excluding hydrogens is 492 g/mol. The number of Topliss-reactive ketones (excluding diaryl/α,β-unsaturated/α-hetero) is 1. The van der Waals surface area contributed by atoms with Gasteiger partial charge in [0.1, 0.15) is 11.9 Å². The number of hydrogen-bond donors (Lipinski definition) is 0. The van der Waals surface area contributed by atoms with Crippen LogP contribution in [0.2, 0.25) is 18.6 Å². The van der Waals surface area contributed by atoms with Crippen molar-refractivity contribution in [1.29, 1.82) is 0 Å². The molecule has 0 saturated heterocycles. The number of carbonyl (C=O) groups is 2. The van der Waals surface area contributed by atoms with Crippen molar-refractivity contribution in [3.05, 3.63) is 74.3 Å². The number of nitro benzene ring substituents is 2. The van der Waals surface area contributed by atoms with E-state index in [4.69, 9.17) is 4.74 Å². The number of ether oxygens (including phenoxy) is 1. The number of nitro groups is 2. The van der Waals surface area contributed by atoms with E-state index in [-0.39, 0.29) is 34.6 Å². The highest BCUT2D eigenvalue weighted by atomic mass is 28.3. The Morgan fingerprint density at radius 1 is 1.00 bits per heavy atom. The third-order valence-corrected chi connectivity index (χ3v) is 12.5. The minimum absolute atomic E-state index is 0.141. The van der Waals surface area contributed by atoms with Crippen LogP contribution in [0.1, 0.15) is 49.4 Å². The van der Waals surface area contributed by atoms with E-state index < -0.39 is 41.4 Å². The molecule has 0 bridgehead atoms. The molecule has 0 heterocycles. The molecule has 2 aromatic rings. The fraction of sp³-hybridized carbons (Fsp3) is 0.481. The Balaban J connectivity index is 1.63. The first-order chi connectivity index (χ1) is 17.5. The van der Waals surface area contributed by atoms with Crippen LogP contribution in [-0.4, -0.2) is 35.8 Å². The summed E-state index contributed by atoms with van der Waals surface area (Å²) in [5.74, 6) is -0.691. The van der Waals surface area contributed by atoms with Gasteiger partial charge in [0.15, 0.2) is 0 Å². The first-order valence-corrected chi connectivity index (χ1v) is 15.8. The van der Waals surface area contributed by atoms with E-state index >= 15 is 0 Å². The first kappa shape index (κ1) is 26.7. The predicted octanol–water partition coefficient (Wildman–Crippen LogP) is 5.43. The van der Waals surface area contributed by atoms with E-state index in [1.54, 1.807) is 0 Å². The standard InChI is InChI=1S/C27H32N2O7Si/c1-17-12-23(30)26(25(13-17)37(2,3)21-8-5-4-6-9-21)22-10-7-11-24(22)36-27(31)18-14-19(28(32)33)16-20(15-18)29(34)35/h4-6,8-9,14-17,22,24-26H,7,10-13H2,1-3H3/t17-,22+,24+,25+,26-/m0/s1. The van der Waals surface area contributed by atoms with Gasteiger partial charge in [0.2, 0.25) is 0 Å². The smallest absolute Gasteiger partial charge is 0.338 e. The number of non-ortho nitro benzene ring substituents is 2. The van der Waals surface area contributed by atoms with E-state index in [1.807, 2.05) is 18.2 Å². The molecule has 2 saturated carbocycles. The van der Waals surface area contributed by atoms with Crippen molar-refractivity contribution in [2.45, 2.75) is 63.8 Å². The fourth-order valence-electron chi connectivity index (χ4n) is 6.37. The lowest BCUT2D eigenvalue weighted by Crippen LogP contribution is -2.54.